The van der Waals surface area contributed by atoms with Gasteiger partial charge in [0.2, 0.25) is 0 Å². The number of rotatable bonds is 2. The molecule has 3 rings (SSSR count). The van der Waals surface area contributed by atoms with Crippen LogP contribution in [0.3, 0.4) is 0 Å². The molecular weight excluding hydrogens is 312 g/mol. The predicted molar refractivity (Wildman–Crippen MR) is 83.5 cm³/mol. The largest absolute Gasteiger partial charge is 0.380 e. The van der Waals surface area contributed by atoms with Gasteiger partial charge in [-0.2, -0.15) is 0 Å². The highest BCUT2D eigenvalue weighted by molar-refractivity contribution is 8.18. The summed E-state index contributed by atoms with van der Waals surface area (Å²) >= 11 is 3.51. The van der Waals surface area contributed by atoms with Crippen molar-refractivity contribution in [2.45, 2.75) is 61.2 Å². The third kappa shape index (κ3) is 2.55. The van der Waals surface area contributed by atoms with Crippen LogP contribution in [0, 0.1) is 0 Å². The molecule has 5 nitrogen and oxygen atoms in total. The Bertz CT molecular complexity index is 399. The monoisotopic (exact) mass is 336 g/mol. The number of hydrogen-bond acceptors (Lipinski definition) is 7. The summed E-state index contributed by atoms with van der Waals surface area (Å²) in [5.74, 6) is 1.32. The Morgan fingerprint density at radius 3 is 2.43 bits per heavy atom. The van der Waals surface area contributed by atoms with E-state index in [2.05, 4.69) is 6.92 Å². The molecule has 0 aromatic heterocycles. The number of hydrogen-bond donors (Lipinski definition) is 1. The van der Waals surface area contributed by atoms with Gasteiger partial charge in [0.25, 0.3) is 0 Å². The van der Waals surface area contributed by atoms with Crippen LogP contribution in [-0.2, 0) is 18.9 Å². The first-order chi connectivity index (χ1) is 9.82. The Kier molecular flexibility index (Phi) is 4.32. The third-order valence-electron chi connectivity index (χ3n) is 4.37. The quantitative estimate of drug-likeness (QED) is 0.825. The fraction of sp³-hybridized carbons (Fsp3) is 1.00. The number of fused-ring (bicyclic) bond motifs is 1. The highest BCUT2D eigenvalue weighted by atomic mass is 32.2. The first-order valence-corrected chi connectivity index (χ1v) is 9.30. The number of methoxy groups -OCH3 is 1. The lowest BCUT2D eigenvalue weighted by molar-refractivity contribution is -0.294. The van der Waals surface area contributed by atoms with E-state index in [4.69, 9.17) is 18.9 Å². The molecule has 3 aliphatic heterocycles. The van der Waals surface area contributed by atoms with Gasteiger partial charge in [0.15, 0.2) is 17.7 Å². The van der Waals surface area contributed by atoms with Crippen LogP contribution in [0.2, 0.25) is 0 Å². The summed E-state index contributed by atoms with van der Waals surface area (Å²) < 4.78 is 22.7. The maximum absolute atomic E-state index is 11.6. The van der Waals surface area contributed by atoms with Gasteiger partial charge in [0.05, 0.1) is 10.7 Å². The topological polar surface area (TPSA) is 57.2 Å². The van der Waals surface area contributed by atoms with Gasteiger partial charge >= 0.3 is 0 Å². The van der Waals surface area contributed by atoms with Crippen molar-refractivity contribution in [1.82, 2.24) is 0 Å². The molecule has 1 unspecified atom stereocenters. The van der Waals surface area contributed by atoms with E-state index in [1.165, 1.54) is 0 Å². The molecule has 1 N–H and O–H groups in total. The molecule has 3 heterocycles. The molecule has 21 heavy (non-hydrogen) atoms. The Hall–Kier alpha value is 0.500. The molecular formula is C14H24O5S2. The normalized spacial score (nSPS) is 45.3. The number of thioether (sulfide) groups is 2. The lowest BCUT2D eigenvalue weighted by Gasteiger charge is -2.53. The van der Waals surface area contributed by atoms with Gasteiger partial charge < -0.3 is 24.1 Å². The van der Waals surface area contributed by atoms with Crippen LogP contribution in [0.1, 0.15) is 27.2 Å². The van der Waals surface area contributed by atoms with Gasteiger partial charge in [-0.15, -0.1) is 23.5 Å². The van der Waals surface area contributed by atoms with Crippen molar-refractivity contribution in [3.05, 3.63) is 0 Å². The molecule has 0 aliphatic carbocycles. The molecule has 122 valence electrons. The van der Waals surface area contributed by atoms with Gasteiger partial charge in [-0.3, -0.25) is 0 Å². The van der Waals surface area contributed by atoms with Gasteiger partial charge in [-0.25, -0.2) is 0 Å². The minimum atomic E-state index is -1.26. The summed E-state index contributed by atoms with van der Waals surface area (Å²) in [6.45, 7) is 6.18. The SMILES string of the molecule is CO[C@@H]1OC[C@H]2OC(C)(C)O[C@H]2C1(O)C1(C)SCCCS1. The van der Waals surface area contributed by atoms with Crippen molar-refractivity contribution in [2.75, 3.05) is 25.2 Å². The first kappa shape index (κ1) is 16.4. The first-order valence-electron chi connectivity index (χ1n) is 7.33. The summed E-state index contributed by atoms with van der Waals surface area (Å²) in [5.41, 5.74) is -1.26. The van der Waals surface area contributed by atoms with E-state index in [1.54, 1.807) is 30.6 Å². The third-order valence-corrected chi connectivity index (χ3v) is 7.82. The fourth-order valence-corrected chi connectivity index (χ4v) is 6.62. The minimum Gasteiger partial charge on any atom is -0.380 e. The molecule has 7 heteroatoms. The summed E-state index contributed by atoms with van der Waals surface area (Å²) in [7, 11) is 1.57. The molecule has 0 aromatic carbocycles. The molecule has 0 radical (unpaired) electrons. The summed E-state index contributed by atoms with van der Waals surface area (Å²) in [6.07, 6.45) is -0.277. The lowest BCUT2D eigenvalue weighted by atomic mass is 9.86. The van der Waals surface area contributed by atoms with Crippen LogP contribution >= 0.6 is 23.5 Å². The highest BCUT2D eigenvalue weighted by Crippen LogP contribution is 2.56. The summed E-state index contributed by atoms with van der Waals surface area (Å²) in [6, 6.07) is 0. The van der Waals surface area contributed by atoms with E-state index in [0.29, 0.717) is 6.61 Å². The van der Waals surface area contributed by atoms with Crippen LogP contribution in [0.5, 0.6) is 0 Å². The van der Waals surface area contributed by atoms with Gasteiger partial charge in [0.1, 0.15) is 12.2 Å². The second kappa shape index (κ2) is 5.54. The lowest BCUT2D eigenvalue weighted by Crippen LogP contribution is -2.71. The van der Waals surface area contributed by atoms with Crippen molar-refractivity contribution in [3.63, 3.8) is 0 Å². The molecule has 0 amide bonds. The predicted octanol–water partition coefficient (Wildman–Crippen LogP) is 1.83. The van der Waals surface area contributed by atoms with E-state index >= 15 is 0 Å². The van der Waals surface area contributed by atoms with Crippen LogP contribution in [0.15, 0.2) is 0 Å². The maximum atomic E-state index is 11.6. The second-order valence-corrected chi connectivity index (χ2v) is 9.60. The van der Waals surface area contributed by atoms with E-state index in [9.17, 15) is 5.11 Å². The molecule has 0 aromatic rings. The van der Waals surface area contributed by atoms with E-state index in [0.717, 1.165) is 17.9 Å². The van der Waals surface area contributed by atoms with Gasteiger partial charge in [-0.05, 0) is 38.7 Å². The van der Waals surface area contributed by atoms with Gasteiger partial charge in [-0.1, -0.05) is 0 Å². The molecule has 3 fully saturated rings. The van der Waals surface area contributed by atoms with Crippen molar-refractivity contribution in [3.8, 4) is 0 Å². The smallest absolute Gasteiger partial charge is 0.191 e. The van der Waals surface area contributed by atoms with Crippen LogP contribution in [0.25, 0.3) is 0 Å². The van der Waals surface area contributed by atoms with Crippen LogP contribution < -0.4 is 0 Å². The summed E-state index contributed by atoms with van der Waals surface area (Å²) in [4.78, 5) is 0. The molecule has 0 bridgehead atoms. The number of ether oxygens (including phenoxy) is 4. The fourth-order valence-electron chi connectivity index (χ4n) is 3.36. The zero-order valence-electron chi connectivity index (χ0n) is 13.0. The maximum Gasteiger partial charge on any atom is 0.191 e. The Morgan fingerprint density at radius 2 is 1.81 bits per heavy atom. The van der Waals surface area contributed by atoms with E-state index < -0.39 is 27.9 Å². The van der Waals surface area contributed by atoms with Crippen molar-refractivity contribution in [2.24, 2.45) is 0 Å². The Labute approximate surface area is 134 Å². The van der Waals surface area contributed by atoms with Crippen LogP contribution in [0.4, 0.5) is 0 Å². The van der Waals surface area contributed by atoms with E-state index in [-0.39, 0.29) is 6.10 Å². The molecule has 0 spiro atoms. The molecule has 3 aliphatic rings. The second-order valence-electron chi connectivity index (χ2n) is 6.32. The Balaban J connectivity index is 1.97. The van der Waals surface area contributed by atoms with Crippen molar-refractivity contribution >= 4 is 23.5 Å². The van der Waals surface area contributed by atoms with E-state index in [1.807, 2.05) is 13.8 Å². The van der Waals surface area contributed by atoms with Crippen molar-refractivity contribution in [1.29, 1.82) is 0 Å². The molecule has 4 atom stereocenters. The zero-order chi connectivity index (χ0) is 15.3. The van der Waals surface area contributed by atoms with Gasteiger partial charge in [0, 0.05) is 7.11 Å². The standard InChI is InChI=1S/C14H24O5S2/c1-12(2)18-9-8-17-11(16-4)14(15,10(9)19-12)13(3)20-6-5-7-21-13/h9-11,15H,5-8H2,1-4H3/t9-,10-,11-,14?/m1/s1. The Morgan fingerprint density at radius 1 is 1.14 bits per heavy atom. The molecule has 0 saturated carbocycles. The average molecular weight is 336 g/mol. The number of aliphatic hydroxyl groups is 1. The van der Waals surface area contributed by atoms with Crippen LogP contribution in [-0.4, -0.2) is 64.3 Å². The molecule has 3 saturated heterocycles. The minimum absolute atomic E-state index is 0.267. The summed E-state index contributed by atoms with van der Waals surface area (Å²) in [5, 5.41) is 11.6. The average Bonchev–Trinajstić information content (AvgIpc) is 2.75. The van der Waals surface area contributed by atoms with Crippen molar-refractivity contribution < 1.29 is 24.1 Å². The highest BCUT2D eigenvalue weighted by Gasteiger charge is 2.67. The zero-order valence-corrected chi connectivity index (χ0v) is 14.6.